The van der Waals surface area contributed by atoms with Crippen molar-refractivity contribution < 1.29 is 4.74 Å². The zero-order chi connectivity index (χ0) is 14.1. The monoisotopic (exact) mass is 269 g/mol. The molecule has 3 aromatic heterocycles. The Bertz CT molecular complexity index is 735. The smallest absolute Gasteiger partial charge is 0.147 e. The molecule has 0 aromatic carbocycles. The Labute approximate surface area is 116 Å². The molecule has 0 aliphatic carbocycles. The van der Waals surface area contributed by atoms with E-state index in [0.717, 1.165) is 34.2 Å². The number of hydrogen-bond acceptors (Lipinski definition) is 5. The van der Waals surface area contributed by atoms with Crippen LogP contribution in [-0.4, -0.2) is 34.1 Å². The van der Waals surface area contributed by atoms with Gasteiger partial charge in [-0.25, -0.2) is 15.0 Å². The second-order valence-electron chi connectivity index (χ2n) is 4.45. The normalized spacial score (nSPS) is 10.8. The highest BCUT2D eigenvalue weighted by atomic mass is 16.5. The molecule has 20 heavy (non-hydrogen) atoms. The van der Waals surface area contributed by atoms with E-state index in [9.17, 15) is 0 Å². The summed E-state index contributed by atoms with van der Waals surface area (Å²) in [5.41, 5.74) is 0.827. The number of rotatable bonds is 3. The Balaban J connectivity index is 2.06. The maximum atomic E-state index is 5.12. The molecule has 6 nitrogen and oxygen atoms in total. The average Bonchev–Trinajstić information content (AvgIpc) is 2.94. The molecule has 6 heteroatoms. The third-order valence-electron chi connectivity index (χ3n) is 3.13. The van der Waals surface area contributed by atoms with Gasteiger partial charge in [0.2, 0.25) is 0 Å². The number of H-pyrrole nitrogens is 1. The van der Waals surface area contributed by atoms with Crippen LogP contribution in [0.15, 0.2) is 30.6 Å². The van der Waals surface area contributed by atoms with Gasteiger partial charge in [0.05, 0.1) is 18.7 Å². The number of anilines is 2. The third kappa shape index (κ3) is 2.05. The van der Waals surface area contributed by atoms with Gasteiger partial charge in [-0.2, -0.15) is 0 Å². The molecular weight excluding hydrogens is 254 g/mol. The van der Waals surface area contributed by atoms with Gasteiger partial charge in [-0.1, -0.05) is 0 Å². The van der Waals surface area contributed by atoms with E-state index in [2.05, 4.69) is 19.9 Å². The number of pyridine rings is 1. The molecule has 0 atom stereocenters. The van der Waals surface area contributed by atoms with Gasteiger partial charge in [-0.15, -0.1) is 0 Å². The second-order valence-corrected chi connectivity index (χ2v) is 4.45. The fraction of sp³-hybridized carbons (Fsp3) is 0.214. The van der Waals surface area contributed by atoms with Crippen molar-refractivity contribution in [3.8, 4) is 5.75 Å². The standard InChI is InChI=1S/C14H15N5O/c1-9-17-13-11(6-7-15-13)14(18-9)19(2)12-5-4-10(20-3)8-16-12/h4-8H,1-3H3,(H,15,17,18). The Morgan fingerprint density at radius 1 is 1.20 bits per heavy atom. The minimum atomic E-state index is 0.718. The molecule has 0 saturated heterocycles. The summed E-state index contributed by atoms with van der Waals surface area (Å²) < 4.78 is 5.12. The summed E-state index contributed by atoms with van der Waals surface area (Å²) >= 11 is 0. The first-order valence-electron chi connectivity index (χ1n) is 6.24. The maximum Gasteiger partial charge on any atom is 0.147 e. The summed E-state index contributed by atoms with van der Waals surface area (Å²) in [6.45, 7) is 1.87. The molecule has 102 valence electrons. The summed E-state index contributed by atoms with van der Waals surface area (Å²) in [4.78, 5) is 18.3. The molecule has 1 N–H and O–H groups in total. The van der Waals surface area contributed by atoms with Crippen molar-refractivity contribution in [1.29, 1.82) is 0 Å². The van der Waals surface area contributed by atoms with Gasteiger partial charge in [0.25, 0.3) is 0 Å². The van der Waals surface area contributed by atoms with Crippen molar-refractivity contribution >= 4 is 22.7 Å². The summed E-state index contributed by atoms with van der Waals surface area (Å²) in [7, 11) is 3.56. The van der Waals surface area contributed by atoms with Crippen molar-refractivity contribution in [3.05, 3.63) is 36.4 Å². The van der Waals surface area contributed by atoms with Crippen LogP contribution < -0.4 is 9.64 Å². The molecule has 3 aromatic rings. The highest BCUT2D eigenvalue weighted by molar-refractivity contribution is 5.89. The molecule has 0 aliphatic heterocycles. The number of ether oxygens (including phenoxy) is 1. The van der Waals surface area contributed by atoms with Crippen molar-refractivity contribution in [2.24, 2.45) is 0 Å². The van der Waals surface area contributed by atoms with Crippen LogP contribution in [0.4, 0.5) is 11.6 Å². The topological polar surface area (TPSA) is 66.9 Å². The van der Waals surface area contributed by atoms with Gasteiger partial charge in [0, 0.05) is 13.2 Å². The highest BCUT2D eigenvalue weighted by Crippen LogP contribution is 2.27. The van der Waals surface area contributed by atoms with Gasteiger partial charge in [-0.3, -0.25) is 0 Å². The van der Waals surface area contributed by atoms with E-state index in [1.54, 1.807) is 13.3 Å². The van der Waals surface area contributed by atoms with Crippen LogP contribution in [0.3, 0.4) is 0 Å². The second kappa shape index (κ2) is 4.80. The van der Waals surface area contributed by atoms with Gasteiger partial charge in [-0.05, 0) is 25.1 Å². The molecule has 3 heterocycles. The summed E-state index contributed by atoms with van der Waals surface area (Å²) in [5, 5.41) is 0.968. The molecule has 3 rings (SSSR count). The van der Waals surface area contributed by atoms with Gasteiger partial charge >= 0.3 is 0 Å². The first kappa shape index (κ1) is 12.4. The van der Waals surface area contributed by atoms with Crippen molar-refractivity contribution in [1.82, 2.24) is 19.9 Å². The fourth-order valence-corrected chi connectivity index (χ4v) is 2.09. The predicted molar refractivity (Wildman–Crippen MR) is 77.5 cm³/mol. The van der Waals surface area contributed by atoms with Gasteiger partial charge < -0.3 is 14.6 Å². The molecule has 0 radical (unpaired) electrons. The number of hydrogen-bond donors (Lipinski definition) is 1. The first-order valence-corrected chi connectivity index (χ1v) is 6.24. The van der Waals surface area contributed by atoms with Crippen molar-refractivity contribution in [2.75, 3.05) is 19.1 Å². The van der Waals surface area contributed by atoms with Crippen molar-refractivity contribution in [3.63, 3.8) is 0 Å². The Kier molecular flexibility index (Phi) is 2.98. The lowest BCUT2D eigenvalue weighted by Crippen LogP contribution is -2.14. The van der Waals surface area contributed by atoms with Crippen LogP contribution in [0, 0.1) is 6.92 Å². The number of nitrogens with zero attached hydrogens (tertiary/aromatic N) is 4. The van der Waals surface area contributed by atoms with Crippen molar-refractivity contribution in [2.45, 2.75) is 6.92 Å². The SMILES string of the molecule is COc1ccc(N(C)c2nc(C)nc3[nH]ccc23)nc1. The van der Waals surface area contributed by atoms with E-state index in [4.69, 9.17) is 4.74 Å². The van der Waals surface area contributed by atoms with E-state index in [0.29, 0.717) is 0 Å². The van der Waals surface area contributed by atoms with Crippen LogP contribution in [-0.2, 0) is 0 Å². The largest absolute Gasteiger partial charge is 0.495 e. The minimum absolute atomic E-state index is 0.718. The minimum Gasteiger partial charge on any atom is -0.495 e. The fourth-order valence-electron chi connectivity index (χ4n) is 2.09. The number of aromatic amines is 1. The molecular formula is C14H15N5O. The van der Waals surface area contributed by atoms with Gasteiger partial charge in [0.1, 0.15) is 28.9 Å². The van der Waals surface area contributed by atoms with E-state index in [1.165, 1.54) is 0 Å². The Morgan fingerprint density at radius 3 is 2.75 bits per heavy atom. The average molecular weight is 269 g/mol. The lowest BCUT2D eigenvalue weighted by Gasteiger charge is -2.18. The van der Waals surface area contributed by atoms with E-state index < -0.39 is 0 Å². The number of methoxy groups -OCH3 is 1. The third-order valence-corrected chi connectivity index (χ3v) is 3.13. The first-order chi connectivity index (χ1) is 9.69. The van der Waals surface area contributed by atoms with E-state index >= 15 is 0 Å². The van der Waals surface area contributed by atoms with E-state index in [1.807, 2.05) is 43.3 Å². The summed E-state index contributed by atoms with van der Waals surface area (Å²) in [6, 6.07) is 5.74. The van der Waals surface area contributed by atoms with Crippen LogP contribution in [0.5, 0.6) is 5.75 Å². The molecule has 0 saturated carbocycles. The predicted octanol–water partition coefficient (Wildman–Crippen LogP) is 2.44. The molecule has 0 aliphatic rings. The summed E-state index contributed by atoms with van der Waals surface area (Å²) in [6.07, 6.45) is 3.55. The molecule has 0 fully saturated rings. The zero-order valence-corrected chi connectivity index (χ0v) is 11.6. The summed E-state index contributed by atoms with van der Waals surface area (Å²) in [5.74, 6) is 3.07. The number of fused-ring (bicyclic) bond motifs is 1. The lowest BCUT2D eigenvalue weighted by atomic mass is 10.3. The molecule has 0 spiro atoms. The Morgan fingerprint density at radius 2 is 2.05 bits per heavy atom. The van der Waals surface area contributed by atoms with Gasteiger partial charge in [0.15, 0.2) is 0 Å². The zero-order valence-electron chi connectivity index (χ0n) is 11.6. The molecule has 0 amide bonds. The highest BCUT2D eigenvalue weighted by Gasteiger charge is 2.13. The number of nitrogens with one attached hydrogen (secondary N) is 1. The number of aromatic nitrogens is 4. The number of aryl methyl sites for hydroxylation is 1. The molecule has 0 bridgehead atoms. The van der Waals surface area contributed by atoms with E-state index in [-0.39, 0.29) is 0 Å². The lowest BCUT2D eigenvalue weighted by molar-refractivity contribution is 0.413. The van der Waals surface area contributed by atoms with Crippen LogP contribution in [0.25, 0.3) is 11.0 Å². The van der Waals surface area contributed by atoms with Crippen LogP contribution >= 0.6 is 0 Å². The van der Waals surface area contributed by atoms with Crippen LogP contribution in [0.1, 0.15) is 5.82 Å². The molecule has 0 unspecified atom stereocenters. The quantitative estimate of drug-likeness (QED) is 0.791. The Hall–Kier alpha value is -2.63. The maximum absolute atomic E-state index is 5.12. The van der Waals surface area contributed by atoms with Crippen LogP contribution in [0.2, 0.25) is 0 Å².